The monoisotopic (exact) mass is 169 g/mol. The number of aryl methyl sites for hydroxylation is 1. The lowest BCUT2D eigenvalue weighted by atomic mass is 10.4. The van der Waals surface area contributed by atoms with Crippen molar-refractivity contribution in [3.05, 3.63) is 11.8 Å². The molecule has 12 heavy (non-hydrogen) atoms. The predicted octanol–water partition coefficient (Wildman–Crippen LogP) is 2.56. The van der Waals surface area contributed by atoms with Crippen molar-refractivity contribution >= 4 is 5.82 Å². The minimum absolute atomic E-state index is 0.447. The molecule has 0 atom stereocenters. The summed E-state index contributed by atoms with van der Waals surface area (Å²) in [4.78, 5) is 0. The highest BCUT2D eigenvalue weighted by atomic mass is 15.2. The fourth-order valence-corrected chi connectivity index (χ4v) is 0.788. The van der Waals surface area contributed by atoms with Gasteiger partial charge < -0.3 is 5.32 Å². The van der Waals surface area contributed by atoms with Crippen LogP contribution in [-0.4, -0.2) is 16.2 Å². The summed E-state index contributed by atoms with van der Waals surface area (Å²) in [5.74, 6) is 0.924. The van der Waals surface area contributed by atoms with Crippen molar-refractivity contribution in [1.29, 1.82) is 0 Å². The molecule has 1 rings (SSSR count). The zero-order chi connectivity index (χ0) is 9.56. The Bertz CT molecular complexity index is 203. The maximum atomic E-state index is 4.02. The zero-order valence-electron chi connectivity index (χ0n) is 8.60. The van der Waals surface area contributed by atoms with Crippen molar-refractivity contribution in [3.63, 3.8) is 0 Å². The first-order chi connectivity index (χ1) is 5.68. The highest BCUT2D eigenvalue weighted by molar-refractivity contribution is 5.35. The van der Waals surface area contributed by atoms with E-state index in [0.717, 1.165) is 11.5 Å². The Labute approximate surface area is 74.6 Å². The van der Waals surface area contributed by atoms with Crippen LogP contribution in [-0.2, 0) is 0 Å². The second kappa shape index (κ2) is 5.63. The summed E-state index contributed by atoms with van der Waals surface area (Å²) in [7, 11) is 0. The zero-order valence-corrected chi connectivity index (χ0v) is 8.60. The molecule has 0 aliphatic heterocycles. The number of rotatable bonds is 2. The average molecular weight is 169 g/mol. The van der Waals surface area contributed by atoms with Crippen LogP contribution < -0.4 is 5.32 Å². The summed E-state index contributed by atoms with van der Waals surface area (Å²) in [5.41, 5.74) is 1.09. The maximum absolute atomic E-state index is 4.02. The molecule has 0 saturated carbocycles. The molecule has 0 fully saturated rings. The second-order valence-corrected chi connectivity index (χ2v) is 2.74. The van der Waals surface area contributed by atoms with E-state index in [0.29, 0.717) is 6.04 Å². The van der Waals surface area contributed by atoms with Crippen LogP contribution in [0.1, 0.15) is 33.4 Å². The molecule has 1 aromatic heterocycles. The Kier molecular flexibility index (Phi) is 5.17. The van der Waals surface area contributed by atoms with E-state index < -0.39 is 0 Å². The summed E-state index contributed by atoms with van der Waals surface area (Å²) in [6.07, 6.45) is 0. The molecule has 0 aliphatic rings. The molecule has 0 amide bonds. The lowest BCUT2D eigenvalue weighted by molar-refractivity contribution is 0.883. The fourth-order valence-electron chi connectivity index (χ4n) is 0.788. The number of anilines is 1. The van der Waals surface area contributed by atoms with E-state index in [-0.39, 0.29) is 0 Å². The van der Waals surface area contributed by atoms with Gasteiger partial charge in [0.1, 0.15) is 5.82 Å². The summed E-state index contributed by atoms with van der Waals surface area (Å²) >= 11 is 0. The summed E-state index contributed by atoms with van der Waals surface area (Å²) in [5, 5.41) is 10.1. The summed E-state index contributed by atoms with van der Waals surface area (Å²) in [6, 6.07) is 2.43. The van der Waals surface area contributed by atoms with Crippen LogP contribution in [0.4, 0.5) is 5.82 Å². The number of aromatic nitrogens is 2. The minimum atomic E-state index is 0.447. The van der Waals surface area contributed by atoms with E-state index >= 15 is 0 Å². The topological polar surface area (TPSA) is 40.7 Å². The second-order valence-electron chi connectivity index (χ2n) is 2.74. The van der Waals surface area contributed by atoms with Crippen LogP contribution in [0.5, 0.6) is 0 Å². The molecule has 2 N–H and O–H groups in total. The molecule has 0 aromatic carbocycles. The van der Waals surface area contributed by atoms with Crippen molar-refractivity contribution in [2.45, 2.75) is 40.7 Å². The lowest BCUT2D eigenvalue weighted by Crippen LogP contribution is -2.09. The molecule has 0 saturated heterocycles. The third-order valence-electron chi connectivity index (χ3n) is 1.14. The molecular weight excluding hydrogens is 150 g/mol. The maximum Gasteiger partial charge on any atom is 0.148 e. The molecule has 0 aliphatic carbocycles. The highest BCUT2D eigenvalue weighted by Crippen LogP contribution is 2.04. The summed E-state index contributed by atoms with van der Waals surface area (Å²) in [6.45, 7) is 10.2. The highest BCUT2D eigenvalue weighted by Gasteiger charge is 1.96. The van der Waals surface area contributed by atoms with E-state index in [1.165, 1.54) is 0 Å². The third kappa shape index (κ3) is 4.01. The molecule has 3 nitrogen and oxygen atoms in total. The molecule has 70 valence electrons. The molecule has 1 aromatic rings. The summed E-state index contributed by atoms with van der Waals surface area (Å²) < 4.78 is 0. The van der Waals surface area contributed by atoms with Gasteiger partial charge in [-0.15, -0.1) is 0 Å². The van der Waals surface area contributed by atoms with Gasteiger partial charge in [0.15, 0.2) is 0 Å². The van der Waals surface area contributed by atoms with Gasteiger partial charge in [0.05, 0.1) is 0 Å². The smallest absolute Gasteiger partial charge is 0.148 e. The molecule has 0 radical (unpaired) electrons. The molecule has 0 unspecified atom stereocenters. The Balaban J connectivity index is 0.000000561. The minimum Gasteiger partial charge on any atom is -0.366 e. The molecular formula is C9H19N3. The van der Waals surface area contributed by atoms with Crippen LogP contribution in [0.25, 0.3) is 0 Å². The standard InChI is InChI=1S/C7H13N3.C2H6/c1-5(2)8-7-4-6(3)9-10-7;1-2/h4-5H,1-3H3,(H2,8,9,10);1-2H3. The number of aromatic amines is 1. The van der Waals surface area contributed by atoms with Gasteiger partial charge in [0.25, 0.3) is 0 Å². The number of nitrogens with zero attached hydrogens (tertiary/aromatic N) is 1. The van der Waals surface area contributed by atoms with Crippen LogP contribution in [0.3, 0.4) is 0 Å². The largest absolute Gasteiger partial charge is 0.366 e. The van der Waals surface area contributed by atoms with Crippen LogP contribution >= 0.6 is 0 Å². The first-order valence-corrected chi connectivity index (χ1v) is 4.47. The number of hydrogen-bond acceptors (Lipinski definition) is 2. The van der Waals surface area contributed by atoms with Gasteiger partial charge in [0, 0.05) is 17.8 Å². The Morgan fingerprint density at radius 1 is 1.42 bits per heavy atom. The number of nitrogens with one attached hydrogen (secondary N) is 2. The Hall–Kier alpha value is -0.990. The molecule has 1 heterocycles. The fraction of sp³-hybridized carbons (Fsp3) is 0.667. The van der Waals surface area contributed by atoms with Crippen molar-refractivity contribution < 1.29 is 0 Å². The normalized spacial score (nSPS) is 9.17. The van der Waals surface area contributed by atoms with E-state index in [4.69, 9.17) is 0 Å². The van der Waals surface area contributed by atoms with Gasteiger partial charge in [-0.05, 0) is 20.8 Å². The third-order valence-corrected chi connectivity index (χ3v) is 1.14. The van der Waals surface area contributed by atoms with Crippen LogP contribution in [0, 0.1) is 6.92 Å². The molecule has 0 spiro atoms. The predicted molar refractivity (Wildman–Crippen MR) is 53.4 cm³/mol. The van der Waals surface area contributed by atoms with Gasteiger partial charge in [-0.2, -0.15) is 5.10 Å². The van der Waals surface area contributed by atoms with Gasteiger partial charge in [-0.1, -0.05) is 13.8 Å². The van der Waals surface area contributed by atoms with Crippen LogP contribution in [0.2, 0.25) is 0 Å². The Morgan fingerprint density at radius 3 is 2.33 bits per heavy atom. The van der Waals surface area contributed by atoms with E-state index in [2.05, 4.69) is 29.4 Å². The molecule has 3 heteroatoms. The van der Waals surface area contributed by atoms with Crippen molar-refractivity contribution in [1.82, 2.24) is 10.2 Å². The van der Waals surface area contributed by atoms with Gasteiger partial charge >= 0.3 is 0 Å². The van der Waals surface area contributed by atoms with Crippen molar-refractivity contribution in [2.75, 3.05) is 5.32 Å². The molecule has 0 bridgehead atoms. The first kappa shape index (κ1) is 11.0. The number of hydrogen-bond donors (Lipinski definition) is 2. The average Bonchev–Trinajstić information content (AvgIpc) is 2.39. The van der Waals surface area contributed by atoms with E-state index in [9.17, 15) is 0 Å². The SMILES string of the molecule is CC.Cc1cc(NC(C)C)n[nH]1. The van der Waals surface area contributed by atoms with Crippen LogP contribution in [0.15, 0.2) is 6.07 Å². The van der Waals surface area contributed by atoms with Gasteiger partial charge in [-0.25, -0.2) is 0 Å². The Morgan fingerprint density at radius 2 is 2.00 bits per heavy atom. The quantitative estimate of drug-likeness (QED) is 0.714. The van der Waals surface area contributed by atoms with Crippen molar-refractivity contribution in [2.24, 2.45) is 0 Å². The first-order valence-electron chi connectivity index (χ1n) is 4.47. The lowest BCUT2D eigenvalue weighted by Gasteiger charge is -2.03. The number of H-pyrrole nitrogens is 1. The van der Waals surface area contributed by atoms with E-state index in [1.807, 2.05) is 26.8 Å². The van der Waals surface area contributed by atoms with Gasteiger partial charge in [0.2, 0.25) is 0 Å². The van der Waals surface area contributed by atoms with Gasteiger partial charge in [-0.3, -0.25) is 5.10 Å². The van der Waals surface area contributed by atoms with E-state index in [1.54, 1.807) is 0 Å². The van der Waals surface area contributed by atoms with Crippen molar-refractivity contribution in [3.8, 4) is 0 Å².